The van der Waals surface area contributed by atoms with Gasteiger partial charge in [0.15, 0.2) is 0 Å². The van der Waals surface area contributed by atoms with Crippen LogP contribution in [0.2, 0.25) is 0 Å². The smallest absolute Gasteiger partial charge is 0.326 e. The number of anilines is 3. The summed E-state index contributed by atoms with van der Waals surface area (Å²) in [7, 11) is 0. The fourth-order valence-corrected chi connectivity index (χ4v) is 3.23. The van der Waals surface area contributed by atoms with E-state index in [1.54, 1.807) is 0 Å². The number of carbonyl (C=O) groups is 6. The Morgan fingerprint density at radius 1 is 0.900 bits per heavy atom. The molecule has 0 aliphatic carbocycles. The number of hydrogen-bond acceptors (Lipinski definition) is 11. The highest BCUT2D eigenvalue weighted by Crippen LogP contribution is 2.10. The lowest BCUT2D eigenvalue weighted by atomic mass is 10.1. The van der Waals surface area contributed by atoms with Gasteiger partial charge < -0.3 is 42.7 Å². The number of aromatic amines is 1. The number of aromatic nitrogens is 3. The van der Waals surface area contributed by atoms with Crippen LogP contribution >= 0.6 is 0 Å². The summed E-state index contributed by atoms with van der Waals surface area (Å²) < 4.78 is 0. The molecule has 11 N–H and O–H groups in total. The molecule has 0 aliphatic heterocycles. The Balaban J connectivity index is 1.93. The fraction of sp³-hybridized carbons (Fsp3) is 0.318. The quantitative estimate of drug-likeness (QED) is 0.119. The molecule has 3 amide bonds. The van der Waals surface area contributed by atoms with E-state index in [4.69, 9.17) is 21.7 Å². The summed E-state index contributed by atoms with van der Waals surface area (Å²) in [5.41, 5.74) is 10.1. The topological polar surface area (TPSA) is 310 Å². The van der Waals surface area contributed by atoms with E-state index in [1.807, 2.05) is 0 Å². The molecule has 214 valence electrons. The summed E-state index contributed by atoms with van der Waals surface area (Å²) in [5.74, 6) is -7.03. The number of carboxylic acid groups (broad SMARTS) is 3. The number of carbonyl (C=O) groups excluding carboxylic acids is 3. The predicted octanol–water partition coefficient (Wildman–Crippen LogP) is -2.09. The molecule has 0 aliphatic rings. The fourth-order valence-electron chi connectivity index (χ4n) is 3.23. The maximum atomic E-state index is 12.5. The monoisotopic (exact) mass is 562 g/mol. The van der Waals surface area contributed by atoms with Crippen molar-refractivity contribution in [2.75, 3.05) is 16.8 Å². The molecule has 0 aromatic carbocycles. The van der Waals surface area contributed by atoms with Crippen molar-refractivity contribution in [1.82, 2.24) is 25.6 Å². The molecule has 0 spiro atoms. The largest absolute Gasteiger partial charge is 0.481 e. The summed E-state index contributed by atoms with van der Waals surface area (Å²) in [5, 5.41) is 33.9. The number of nitrogens with one attached hydrogen (secondary N) is 4. The Morgan fingerprint density at radius 3 is 2.08 bits per heavy atom. The van der Waals surface area contributed by atoms with Crippen molar-refractivity contribution in [1.29, 1.82) is 0 Å². The lowest BCUT2D eigenvalue weighted by Crippen LogP contribution is -2.44. The Bertz CT molecular complexity index is 1360. The number of pyridine rings is 1. The number of nitrogens with two attached hydrogens (primary N) is 2. The molecular formula is C22H26N8O10. The van der Waals surface area contributed by atoms with Crippen LogP contribution in [0.3, 0.4) is 0 Å². The summed E-state index contributed by atoms with van der Waals surface area (Å²) in [4.78, 5) is 91.8. The summed E-state index contributed by atoms with van der Waals surface area (Å²) in [6.45, 7) is 0. The summed E-state index contributed by atoms with van der Waals surface area (Å²) in [6.07, 6.45) is -1.10. The van der Waals surface area contributed by atoms with Crippen LogP contribution in [0.4, 0.5) is 17.5 Å². The molecule has 40 heavy (non-hydrogen) atoms. The van der Waals surface area contributed by atoms with Crippen molar-refractivity contribution in [3.05, 3.63) is 39.9 Å². The first-order valence-corrected chi connectivity index (χ1v) is 11.4. The SMILES string of the molecule is Nc1nc(N)c(CC(=O)Nc2ccc(C(=O)NC(CCC(=O)NC(CCC(=O)O)C(=O)O)C(=O)O)nc2)c(=O)[nH]1. The number of hydrogen-bond donors (Lipinski definition) is 9. The van der Waals surface area contributed by atoms with Crippen LogP contribution < -0.4 is 33.0 Å². The second-order valence-corrected chi connectivity index (χ2v) is 8.27. The highest BCUT2D eigenvalue weighted by Gasteiger charge is 2.25. The highest BCUT2D eigenvalue weighted by molar-refractivity contribution is 5.96. The van der Waals surface area contributed by atoms with Crippen LogP contribution in [0.25, 0.3) is 0 Å². The number of nitrogen functional groups attached to an aromatic ring is 2. The average molecular weight is 562 g/mol. The van der Waals surface area contributed by atoms with Gasteiger partial charge in [0.05, 0.1) is 23.9 Å². The zero-order valence-corrected chi connectivity index (χ0v) is 20.7. The third kappa shape index (κ3) is 9.39. The van der Waals surface area contributed by atoms with Gasteiger partial charge in [0.2, 0.25) is 17.8 Å². The Morgan fingerprint density at radius 2 is 1.52 bits per heavy atom. The molecular weight excluding hydrogens is 536 g/mol. The van der Waals surface area contributed by atoms with E-state index in [1.165, 1.54) is 12.1 Å². The number of rotatable bonds is 14. The number of H-pyrrole nitrogens is 1. The van der Waals surface area contributed by atoms with Gasteiger partial charge in [-0.3, -0.25) is 29.0 Å². The first kappa shape index (κ1) is 30.7. The number of nitrogens with zero attached hydrogens (tertiary/aromatic N) is 2. The molecule has 2 rings (SSSR count). The van der Waals surface area contributed by atoms with E-state index in [0.29, 0.717) is 0 Å². The molecule has 18 nitrogen and oxygen atoms in total. The van der Waals surface area contributed by atoms with Gasteiger partial charge >= 0.3 is 17.9 Å². The second kappa shape index (κ2) is 13.8. The minimum Gasteiger partial charge on any atom is -0.481 e. The van der Waals surface area contributed by atoms with Crippen LogP contribution in [-0.4, -0.2) is 78.0 Å². The molecule has 2 atom stereocenters. The molecule has 2 aromatic heterocycles. The molecule has 0 saturated heterocycles. The van der Waals surface area contributed by atoms with E-state index in [9.17, 15) is 38.7 Å². The van der Waals surface area contributed by atoms with E-state index >= 15 is 0 Å². The molecule has 2 unspecified atom stereocenters. The van der Waals surface area contributed by atoms with Gasteiger partial charge in [-0.15, -0.1) is 0 Å². The van der Waals surface area contributed by atoms with Crippen molar-refractivity contribution in [3.8, 4) is 0 Å². The Labute approximate surface area is 224 Å². The Hall–Kier alpha value is -5.55. The standard InChI is InChI=1S/C22H26N8O10/c23-17-10(18(35)30-22(24)29-17)7-15(32)26-9-1-2-11(25-8-9)19(36)28-13(21(39)40)3-5-14(31)27-12(20(37)38)4-6-16(33)34/h1-2,8,12-13H,3-7H2,(H,26,32)(H,27,31)(H,28,36)(H,33,34)(H,37,38)(H,39,40)(H5,23,24,29,30,35). The van der Waals surface area contributed by atoms with Crippen LogP contribution in [0, 0.1) is 0 Å². The molecule has 2 aromatic rings. The summed E-state index contributed by atoms with van der Waals surface area (Å²) in [6, 6.07) is -0.548. The first-order chi connectivity index (χ1) is 18.8. The minimum absolute atomic E-state index is 0.109. The molecule has 0 bridgehead atoms. The number of carboxylic acids is 3. The molecule has 0 fully saturated rings. The normalized spacial score (nSPS) is 12.0. The van der Waals surface area contributed by atoms with Crippen LogP contribution in [0.1, 0.15) is 41.7 Å². The van der Waals surface area contributed by atoms with Crippen LogP contribution in [-0.2, 0) is 30.4 Å². The third-order valence-corrected chi connectivity index (χ3v) is 5.23. The highest BCUT2D eigenvalue weighted by atomic mass is 16.4. The maximum Gasteiger partial charge on any atom is 0.326 e. The van der Waals surface area contributed by atoms with Crippen molar-refractivity contribution >= 4 is 53.1 Å². The van der Waals surface area contributed by atoms with Crippen molar-refractivity contribution in [3.63, 3.8) is 0 Å². The van der Waals surface area contributed by atoms with Crippen LogP contribution in [0.5, 0.6) is 0 Å². The van der Waals surface area contributed by atoms with Gasteiger partial charge in [-0.05, 0) is 25.0 Å². The van der Waals surface area contributed by atoms with Gasteiger partial charge in [-0.25, -0.2) is 14.6 Å². The van der Waals surface area contributed by atoms with Crippen molar-refractivity contribution < 1.29 is 44.1 Å². The predicted molar refractivity (Wildman–Crippen MR) is 135 cm³/mol. The zero-order chi connectivity index (χ0) is 30.0. The van der Waals surface area contributed by atoms with Gasteiger partial charge in [0.1, 0.15) is 23.6 Å². The molecule has 0 radical (unpaired) electrons. The summed E-state index contributed by atoms with van der Waals surface area (Å²) >= 11 is 0. The lowest BCUT2D eigenvalue weighted by Gasteiger charge is -2.16. The van der Waals surface area contributed by atoms with E-state index in [2.05, 4.69) is 30.9 Å². The first-order valence-electron chi connectivity index (χ1n) is 11.4. The average Bonchev–Trinajstić information content (AvgIpc) is 2.86. The van der Waals surface area contributed by atoms with Crippen LogP contribution in [0.15, 0.2) is 23.1 Å². The minimum atomic E-state index is -1.54. The maximum absolute atomic E-state index is 12.5. The molecule has 0 saturated carbocycles. The number of amides is 3. The second-order valence-electron chi connectivity index (χ2n) is 8.27. The Kier molecular flexibility index (Phi) is 10.6. The third-order valence-electron chi connectivity index (χ3n) is 5.23. The lowest BCUT2D eigenvalue weighted by molar-refractivity contribution is -0.143. The van der Waals surface area contributed by atoms with Gasteiger partial charge in [0.25, 0.3) is 11.5 Å². The molecule has 18 heteroatoms. The van der Waals surface area contributed by atoms with Gasteiger partial charge in [-0.2, -0.15) is 4.98 Å². The van der Waals surface area contributed by atoms with Gasteiger partial charge in [-0.1, -0.05) is 0 Å². The molecule has 2 heterocycles. The number of aliphatic carboxylic acids is 3. The van der Waals surface area contributed by atoms with E-state index in [0.717, 1.165) is 6.20 Å². The van der Waals surface area contributed by atoms with Gasteiger partial charge in [0, 0.05) is 12.8 Å². The zero-order valence-electron chi connectivity index (χ0n) is 20.7. The van der Waals surface area contributed by atoms with Crippen molar-refractivity contribution in [2.24, 2.45) is 0 Å². The van der Waals surface area contributed by atoms with E-state index < -0.39 is 79.0 Å². The van der Waals surface area contributed by atoms with Crippen molar-refractivity contribution in [2.45, 2.75) is 44.2 Å². The van der Waals surface area contributed by atoms with E-state index in [-0.39, 0.29) is 35.1 Å².